The average Bonchev–Trinajstić information content (AvgIpc) is 3.64. The lowest BCUT2D eigenvalue weighted by Gasteiger charge is -2.19. The van der Waals surface area contributed by atoms with Gasteiger partial charge in [-0.1, -0.05) is 48.5 Å². The normalized spacial score (nSPS) is 15.0. The molecule has 0 aliphatic heterocycles. The minimum atomic E-state index is -1.27. The predicted octanol–water partition coefficient (Wildman–Crippen LogP) is 4.78. The van der Waals surface area contributed by atoms with E-state index in [2.05, 4.69) is 10.6 Å². The van der Waals surface area contributed by atoms with Gasteiger partial charge in [-0.15, -0.1) is 0 Å². The number of nitrogens with one attached hydrogen (secondary N) is 2. The Kier molecular flexibility index (Phi) is 5.94. The maximum atomic E-state index is 14.3. The molecule has 2 aliphatic carbocycles. The molecular weight excluding hydrogens is 451 g/mol. The maximum Gasteiger partial charge on any atom is 0.407 e. The summed E-state index contributed by atoms with van der Waals surface area (Å²) in [5.74, 6) is -2.90. The Morgan fingerprint density at radius 1 is 0.971 bits per heavy atom. The molecule has 0 spiro atoms. The quantitative estimate of drug-likeness (QED) is 0.457. The Hall–Kier alpha value is -4.20. The van der Waals surface area contributed by atoms with Crippen LogP contribution in [0.5, 0.6) is 0 Å². The number of rotatable bonds is 7. The first kappa shape index (κ1) is 22.6. The van der Waals surface area contributed by atoms with E-state index in [0.717, 1.165) is 41.2 Å². The van der Waals surface area contributed by atoms with Crippen LogP contribution in [0.1, 0.15) is 40.2 Å². The summed E-state index contributed by atoms with van der Waals surface area (Å²) in [5.41, 5.74) is 4.01. The highest BCUT2D eigenvalue weighted by molar-refractivity contribution is 5.97. The van der Waals surface area contributed by atoms with Crippen LogP contribution in [0, 0.1) is 11.7 Å². The van der Waals surface area contributed by atoms with Crippen molar-refractivity contribution in [3.63, 3.8) is 0 Å². The second-order valence-electron chi connectivity index (χ2n) is 8.77. The lowest BCUT2D eigenvalue weighted by atomic mass is 9.98. The number of carboxylic acids is 1. The third-order valence-electron chi connectivity index (χ3n) is 6.47. The Morgan fingerprint density at radius 3 is 2.17 bits per heavy atom. The topological polar surface area (TPSA) is 105 Å². The minimum absolute atomic E-state index is 0.0724. The summed E-state index contributed by atoms with van der Waals surface area (Å²) in [5, 5.41) is 14.1. The summed E-state index contributed by atoms with van der Waals surface area (Å²) in [6, 6.07) is 18.3. The maximum absolute atomic E-state index is 14.3. The van der Waals surface area contributed by atoms with Crippen LogP contribution >= 0.6 is 0 Å². The van der Waals surface area contributed by atoms with Crippen molar-refractivity contribution in [2.75, 3.05) is 11.9 Å². The van der Waals surface area contributed by atoms with E-state index in [0.29, 0.717) is 0 Å². The molecule has 7 nitrogen and oxygen atoms in total. The second-order valence-corrected chi connectivity index (χ2v) is 8.77. The summed E-state index contributed by atoms with van der Waals surface area (Å²) in [4.78, 5) is 36.5. The van der Waals surface area contributed by atoms with E-state index in [1.54, 1.807) is 0 Å². The Labute approximate surface area is 200 Å². The summed E-state index contributed by atoms with van der Waals surface area (Å²) in [6.45, 7) is 0.115. The van der Waals surface area contributed by atoms with Crippen LogP contribution in [-0.2, 0) is 9.53 Å². The molecule has 35 heavy (non-hydrogen) atoms. The zero-order valence-corrected chi connectivity index (χ0v) is 18.7. The number of hydrogen-bond donors (Lipinski definition) is 3. The Bertz CT molecular complexity index is 1270. The molecule has 2 amide bonds. The molecule has 3 aromatic carbocycles. The number of carbonyl (C=O) groups excluding carboxylic acids is 2. The molecule has 178 valence electrons. The van der Waals surface area contributed by atoms with Crippen LogP contribution in [0.4, 0.5) is 14.9 Å². The van der Waals surface area contributed by atoms with Crippen LogP contribution in [0.2, 0.25) is 0 Å². The summed E-state index contributed by atoms with van der Waals surface area (Å²) in [6.07, 6.45) is 0.783. The van der Waals surface area contributed by atoms with Crippen LogP contribution in [0.15, 0.2) is 66.7 Å². The number of aromatic carboxylic acids is 1. The number of hydrogen-bond acceptors (Lipinski definition) is 4. The smallest absolute Gasteiger partial charge is 0.407 e. The zero-order chi connectivity index (χ0) is 24.5. The first-order chi connectivity index (χ1) is 16.9. The molecule has 0 heterocycles. The van der Waals surface area contributed by atoms with Crippen molar-refractivity contribution in [2.45, 2.75) is 24.8 Å². The molecule has 3 N–H and O–H groups in total. The van der Waals surface area contributed by atoms with Gasteiger partial charge in [0.05, 0.1) is 11.3 Å². The second kappa shape index (κ2) is 9.21. The highest BCUT2D eigenvalue weighted by Gasteiger charge is 2.38. The molecule has 0 aromatic heterocycles. The van der Waals surface area contributed by atoms with Crippen molar-refractivity contribution in [1.82, 2.24) is 5.32 Å². The van der Waals surface area contributed by atoms with Gasteiger partial charge in [0.25, 0.3) is 0 Å². The summed E-state index contributed by atoms with van der Waals surface area (Å²) < 4.78 is 19.8. The van der Waals surface area contributed by atoms with Crippen LogP contribution in [-0.4, -0.2) is 35.7 Å². The number of benzene rings is 3. The van der Waals surface area contributed by atoms with E-state index in [4.69, 9.17) is 9.84 Å². The van der Waals surface area contributed by atoms with Gasteiger partial charge in [-0.25, -0.2) is 14.0 Å². The number of fused-ring (bicyclic) bond motifs is 3. The number of alkyl carbamates (subject to hydrolysis) is 1. The molecule has 2 aliphatic rings. The molecule has 1 saturated carbocycles. The fourth-order valence-corrected chi connectivity index (χ4v) is 4.55. The van der Waals surface area contributed by atoms with Gasteiger partial charge in [0, 0.05) is 5.92 Å². The van der Waals surface area contributed by atoms with Crippen molar-refractivity contribution in [3.8, 4) is 11.1 Å². The van der Waals surface area contributed by atoms with Crippen molar-refractivity contribution in [2.24, 2.45) is 5.92 Å². The molecule has 1 unspecified atom stereocenters. The molecule has 0 bridgehead atoms. The van der Waals surface area contributed by atoms with Crippen molar-refractivity contribution >= 4 is 23.7 Å². The fourth-order valence-electron chi connectivity index (χ4n) is 4.55. The molecule has 0 saturated heterocycles. The highest BCUT2D eigenvalue weighted by atomic mass is 19.1. The minimum Gasteiger partial charge on any atom is -0.478 e. The Balaban J connectivity index is 1.24. The van der Waals surface area contributed by atoms with E-state index in [9.17, 15) is 18.8 Å². The first-order valence-electron chi connectivity index (χ1n) is 11.4. The number of ether oxygens (including phenoxy) is 1. The molecule has 0 radical (unpaired) electrons. The third-order valence-corrected chi connectivity index (χ3v) is 6.47. The number of halogens is 1. The molecule has 8 heteroatoms. The van der Waals surface area contributed by atoms with Crippen molar-refractivity contribution < 1.29 is 28.6 Å². The number of carboxylic acid groups (broad SMARTS) is 1. The lowest BCUT2D eigenvalue weighted by molar-refractivity contribution is -0.118. The molecule has 1 atom stereocenters. The molecule has 5 rings (SSSR count). The van der Waals surface area contributed by atoms with E-state index >= 15 is 0 Å². The molecule has 3 aromatic rings. The van der Waals surface area contributed by atoms with Gasteiger partial charge >= 0.3 is 12.1 Å². The van der Waals surface area contributed by atoms with Crippen molar-refractivity contribution in [3.05, 3.63) is 89.2 Å². The molecular formula is C27H23FN2O5. The largest absolute Gasteiger partial charge is 0.478 e. The van der Waals surface area contributed by atoms with Crippen LogP contribution in [0.25, 0.3) is 11.1 Å². The third kappa shape index (κ3) is 4.59. The van der Waals surface area contributed by atoms with Gasteiger partial charge in [0.2, 0.25) is 5.91 Å². The van der Waals surface area contributed by atoms with Crippen LogP contribution < -0.4 is 10.6 Å². The van der Waals surface area contributed by atoms with E-state index in [-0.39, 0.29) is 29.7 Å². The Morgan fingerprint density at radius 2 is 1.60 bits per heavy atom. The van der Waals surface area contributed by atoms with Crippen LogP contribution in [0.3, 0.4) is 0 Å². The molecule has 1 fully saturated rings. The predicted molar refractivity (Wildman–Crippen MR) is 127 cm³/mol. The standard InChI is InChI=1S/C27H23FN2O5/c28-22-13-16(26(32)33)11-12-23(22)29-25(31)24(15-9-10-15)30-27(34)35-14-21-19-7-3-1-5-17(19)18-6-2-4-8-20(18)21/h1-8,11-13,15,21,24H,9-10,14H2,(H,29,31)(H,30,34)(H,32,33). The van der Waals surface area contributed by atoms with Gasteiger partial charge < -0.3 is 20.5 Å². The zero-order valence-electron chi connectivity index (χ0n) is 18.7. The van der Waals surface area contributed by atoms with Gasteiger partial charge in [0.1, 0.15) is 18.5 Å². The summed E-state index contributed by atoms with van der Waals surface area (Å²) >= 11 is 0. The SMILES string of the molecule is O=C(NC(C(=O)Nc1ccc(C(=O)O)cc1F)C1CC1)OCC1c2ccccc2-c2ccccc21. The average molecular weight is 474 g/mol. The van der Waals surface area contributed by atoms with Gasteiger partial charge in [-0.3, -0.25) is 4.79 Å². The van der Waals surface area contributed by atoms with Gasteiger partial charge in [0.15, 0.2) is 0 Å². The number of anilines is 1. The van der Waals surface area contributed by atoms with E-state index < -0.39 is 29.8 Å². The van der Waals surface area contributed by atoms with Gasteiger partial charge in [-0.05, 0) is 59.2 Å². The van der Waals surface area contributed by atoms with E-state index in [1.165, 1.54) is 12.1 Å². The monoisotopic (exact) mass is 474 g/mol. The highest BCUT2D eigenvalue weighted by Crippen LogP contribution is 2.44. The number of carbonyl (C=O) groups is 3. The van der Waals surface area contributed by atoms with Gasteiger partial charge in [-0.2, -0.15) is 0 Å². The first-order valence-corrected chi connectivity index (χ1v) is 11.4. The van der Waals surface area contributed by atoms with E-state index in [1.807, 2.05) is 48.5 Å². The lowest BCUT2D eigenvalue weighted by Crippen LogP contribution is -2.45. The number of amides is 2. The fraction of sp³-hybridized carbons (Fsp3) is 0.222. The van der Waals surface area contributed by atoms with Crippen molar-refractivity contribution in [1.29, 1.82) is 0 Å². The summed E-state index contributed by atoms with van der Waals surface area (Å²) in [7, 11) is 0.